The predicted octanol–water partition coefficient (Wildman–Crippen LogP) is 1.65. The van der Waals surface area contributed by atoms with Crippen LogP contribution < -0.4 is 5.32 Å². The Morgan fingerprint density at radius 2 is 2.33 bits per heavy atom. The van der Waals surface area contributed by atoms with Gasteiger partial charge in [0, 0.05) is 6.07 Å². The standard InChI is InChI=1S/C10H9N5O2S/c1-5-3-7(14-17-5)13-9(16)8-6(2)12-10-15(8)11-4-18-10/h3-4H,1-2H3,(H,13,14,16). The van der Waals surface area contributed by atoms with Crippen molar-refractivity contribution in [3.05, 3.63) is 28.7 Å². The van der Waals surface area contributed by atoms with Crippen LogP contribution in [-0.2, 0) is 0 Å². The van der Waals surface area contributed by atoms with Gasteiger partial charge in [0.1, 0.15) is 11.3 Å². The Kier molecular flexibility index (Phi) is 2.37. The summed E-state index contributed by atoms with van der Waals surface area (Å²) in [5.41, 5.74) is 2.68. The fraction of sp³-hybridized carbons (Fsp3) is 0.200. The van der Waals surface area contributed by atoms with Gasteiger partial charge in [0.2, 0.25) is 4.96 Å². The SMILES string of the molecule is Cc1cc(NC(=O)c2c(C)nc3scnn23)no1. The van der Waals surface area contributed by atoms with Gasteiger partial charge in [-0.3, -0.25) is 4.79 Å². The highest BCUT2D eigenvalue weighted by Gasteiger charge is 2.19. The molecule has 0 bridgehead atoms. The Balaban J connectivity index is 1.96. The van der Waals surface area contributed by atoms with Gasteiger partial charge in [-0.1, -0.05) is 16.5 Å². The van der Waals surface area contributed by atoms with E-state index in [9.17, 15) is 4.79 Å². The average molecular weight is 263 g/mol. The summed E-state index contributed by atoms with van der Waals surface area (Å²) in [5, 5.41) is 10.4. The van der Waals surface area contributed by atoms with Crippen LogP contribution in [0.1, 0.15) is 21.9 Å². The molecule has 0 radical (unpaired) electrons. The van der Waals surface area contributed by atoms with E-state index in [0.717, 1.165) is 0 Å². The minimum Gasteiger partial charge on any atom is -0.360 e. The van der Waals surface area contributed by atoms with Gasteiger partial charge < -0.3 is 9.84 Å². The largest absolute Gasteiger partial charge is 0.360 e. The molecule has 0 saturated heterocycles. The molecule has 3 aromatic rings. The van der Waals surface area contributed by atoms with Crippen molar-refractivity contribution in [1.82, 2.24) is 19.8 Å². The highest BCUT2D eigenvalue weighted by atomic mass is 32.1. The second kappa shape index (κ2) is 3.91. The number of carbonyl (C=O) groups is 1. The molecular weight excluding hydrogens is 254 g/mol. The first-order valence-electron chi connectivity index (χ1n) is 5.18. The molecule has 0 unspecified atom stereocenters. The van der Waals surface area contributed by atoms with E-state index in [0.29, 0.717) is 27.9 Å². The maximum absolute atomic E-state index is 12.1. The van der Waals surface area contributed by atoms with E-state index in [1.54, 1.807) is 25.4 Å². The molecule has 0 atom stereocenters. The molecule has 3 rings (SSSR count). The van der Waals surface area contributed by atoms with Crippen molar-refractivity contribution < 1.29 is 9.32 Å². The van der Waals surface area contributed by atoms with E-state index in [-0.39, 0.29) is 5.91 Å². The van der Waals surface area contributed by atoms with Gasteiger partial charge in [0.15, 0.2) is 11.5 Å². The zero-order chi connectivity index (χ0) is 12.7. The van der Waals surface area contributed by atoms with E-state index >= 15 is 0 Å². The van der Waals surface area contributed by atoms with Gasteiger partial charge in [-0.25, -0.2) is 4.98 Å². The first-order chi connectivity index (χ1) is 8.65. The van der Waals surface area contributed by atoms with E-state index in [4.69, 9.17) is 4.52 Å². The van der Waals surface area contributed by atoms with Crippen LogP contribution in [0.25, 0.3) is 4.96 Å². The van der Waals surface area contributed by atoms with E-state index < -0.39 is 0 Å². The van der Waals surface area contributed by atoms with Crippen molar-refractivity contribution in [2.24, 2.45) is 0 Å². The van der Waals surface area contributed by atoms with Crippen molar-refractivity contribution in [2.75, 3.05) is 5.32 Å². The maximum Gasteiger partial charge on any atom is 0.277 e. The minimum atomic E-state index is -0.306. The van der Waals surface area contributed by atoms with Crippen molar-refractivity contribution in [3.8, 4) is 0 Å². The van der Waals surface area contributed by atoms with Crippen molar-refractivity contribution in [3.63, 3.8) is 0 Å². The number of aryl methyl sites for hydroxylation is 2. The van der Waals surface area contributed by atoms with Gasteiger partial charge in [-0.05, 0) is 13.8 Å². The number of amides is 1. The molecule has 0 fully saturated rings. The van der Waals surface area contributed by atoms with Crippen molar-refractivity contribution in [1.29, 1.82) is 0 Å². The molecule has 1 N–H and O–H groups in total. The number of nitrogens with one attached hydrogen (secondary N) is 1. The third kappa shape index (κ3) is 1.66. The molecule has 0 aliphatic carbocycles. The molecule has 0 aliphatic heterocycles. The number of carbonyl (C=O) groups excluding carboxylic acids is 1. The minimum absolute atomic E-state index is 0.306. The number of rotatable bonds is 2. The predicted molar refractivity (Wildman–Crippen MR) is 64.8 cm³/mol. The highest BCUT2D eigenvalue weighted by molar-refractivity contribution is 7.14. The Morgan fingerprint density at radius 1 is 1.50 bits per heavy atom. The van der Waals surface area contributed by atoms with E-state index in [1.165, 1.54) is 15.9 Å². The number of fused-ring (bicyclic) bond motifs is 1. The Labute approximate surface area is 105 Å². The van der Waals surface area contributed by atoms with Gasteiger partial charge in [0.05, 0.1) is 5.69 Å². The molecule has 8 heteroatoms. The number of hydrogen-bond acceptors (Lipinski definition) is 6. The third-order valence-electron chi connectivity index (χ3n) is 2.40. The first-order valence-corrected chi connectivity index (χ1v) is 6.06. The molecule has 3 aromatic heterocycles. The average Bonchev–Trinajstić information content (AvgIpc) is 2.94. The molecule has 7 nitrogen and oxygen atoms in total. The van der Waals surface area contributed by atoms with Gasteiger partial charge in [-0.2, -0.15) is 9.61 Å². The van der Waals surface area contributed by atoms with Crippen LogP contribution in [-0.4, -0.2) is 25.7 Å². The van der Waals surface area contributed by atoms with Crippen molar-refractivity contribution in [2.45, 2.75) is 13.8 Å². The molecule has 0 aromatic carbocycles. The van der Waals surface area contributed by atoms with Crippen LogP contribution in [0.3, 0.4) is 0 Å². The Morgan fingerprint density at radius 3 is 3.06 bits per heavy atom. The van der Waals surface area contributed by atoms with Crippen LogP contribution in [0.4, 0.5) is 5.82 Å². The first kappa shape index (κ1) is 10.9. The van der Waals surface area contributed by atoms with Crippen LogP contribution in [0.15, 0.2) is 16.1 Å². The fourth-order valence-corrected chi connectivity index (χ4v) is 2.32. The van der Waals surface area contributed by atoms with E-state index in [1.807, 2.05) is 0 Å². The highest BCUT2D eigenvalue weighted by Crippen LogP contribution is 2.16. The lowest BCUT2D eigenvalue weighted by atomic mass is 10.3. The van der Waals surface area contributed by atoms with Crippen molar-refractivity contribution >= 4 is 28.0 Å². The fourth-order valence-electron chi connectivity index (χ4n) is 1.66. The summed E-state index contributed by atoms with van der Waals surface area (Å²) in [6, 6.07) is 1.65. The number of imidazole rings is 1. The van der Waals surface area contributed by atoms with E-state index in [2.05, 4.69) is 20.6 Å². The summed E-state index contributed by atoms with van der Waals surface area (Å²) in [4.78, 5) is 17.1. The van der Waals surface area contributed by atoms with Crippen LogP contribution in [0.5, 0.6) is 0 Å². The zero-order valence-electron chi connectivity index (χ0n) is 9.67. The Hall–Kier alpha value is -2.22. The molecule has 0 saturated carbocycles. The second-order valence-electron chi connectivity index (χ2n) is 3.76. The summed E-state index contributed by atoms with van der Waals surface area (Å²) >= 11 is 1.38. The summed E-state index contributed by atoms with van der Waals surface area (Å²) in [7, 11) is 0. The lowest BCUT2D eigenvalue weighted by Gasteiger charge is -1.99. The van der Waals surface area contributed by atoms with Crippen LogP contribution in [0, 0.1) is 13.8 Å². The molecule has 0 spiro atoms. The summed E-state index contributed by atoms with van der Waals surface area (Å²) in [5.74, 6) is 0.704. The smallest absolute Gasteiger partial charge is 0.277 e. The summed E-state index contributed by atoms with van der Waals surface area (Å²) < 4.78 is 6.40. The number of nitrogens with zero attached hydrogens (tertiary/aromatic N) is 4. The maximum atomic E-state index is 12.1. The normalized spacial score (nSPS) is 11.0. The second-order valence-corrected chi connectivity index (χ2v) is 4.57. The number of anilines is 1. The summed E-state index contributed by atoms with van der Waals surface area (Å²) in [6.07, 6.45) is 0. The lowest BCUT2D eigenvalue weighted by molar-refractivity contribution is 0.101. The van der Waals surface area contributed by atoms with Gasteiger partial charge >= 0.3 is 0 Å². The molecule has 3 heterocycles. The number of hydrogen-bond donors (Lipinski definition) is 1. The van der Waals surface area contributed by atoms with Gasteiger partial charge in [-0.15, -0.1) is 0 Å². The Bertz CT molecular complexity index is 726. The molecule has 0 aliphatic rings. The molecular formula is C10H9N5O2S. The number of aromatic nitrogens is 4. The molecule has 18 heavy (non-hydrogen) atoms. The monoisotopic (exact) mass is 263 g/mol. The third-order valence-corrected chi connectivity index (χ3v) is 3.08. The molecule has 92 valence electrons. The topological polar surface area (TPSA) is 85.3 Å². The molecule has 1 amide bonds. The lowest BCUT2D eigenvalue weighted by Crippen LogP contribution is -2.16. The van der Waals surface area contributed by atoms with Crippen LogP contribution in [0.2, 0.25) is 0 Å². The van der Waals surface area contributed by atoms with Gasteiger partial charge in [0.25, 0.3) is 5.91 Å². The zero-order valence-corrected chi connectivity index (χ0v) is 10.5. The summed E-state index contributed by atoms with van der Waals surface area (Å²) in [6.45, 7) is 3.52. The van der Waals surface area contributed by atoms with Crippen LogP contribution >= 0.6 is 11.3 Å². The quantitative estimate of drug-likeness (QED) is 0.759.